The average Bonchev–Trinajstić information content (AvgIpc) is 2.86. The number of halogens is 1. The molecule has 4 aromatic rings. The zero-order valence-corrected chi connectivity index (χ0v) is 21.7. The van der Waals surface area contributed by atoms with Crippen molar-refractivity contribution in [1.29, 1.82) is 0 Å². The van der Waals surface area contributed by atoms with Crippen LogP contribution in [0.25, 0.3) is 21.8 Å². The van der Waals surface area contributed by atoms with E-state index < -0.39 is 27.0 Å². The molecule has 0 bridgehead atoms. The van der Waals surface area contributed by atoms with Crippen LogP contribution in [0.4, 0.5) is 0 Å². The Morgan fingerprint density at radius 3 is 2.50 bits per heavy atom. The number of nitrogens with zero attached hydrogens (tertiary/aromatic N) is 3. The Kier molecular flexibility index (Phi) is 7.83. The molecule has 1 fully saturated rings. The van der Waals surface area contributed by atoms with Gasteiger partial charge in [-0.1, -0.05) is 23.7 Å². The average molecular weight is 562 g/mol. The van der Waals surface area contributed by atoms with Crippen molar-refractivity contribution in [2.75, 3.05) is 32.4 Å². The molecule has 1 amide bonds. The second-order valence-corrected chi connectivity index (χ2v) is 10.6. The van der Waals surface area contributed by atoms with Crippen molar-refractivity contribution in [2.24, 2.45) is 0 Å². The van der Waals surface area contributed by atoms with Gasteiger partial charge < -0.3 is 20.3 Å². The second-order valence-electron chi connectivity index (χ2n) is 8.66. The molecule has 0 spiro atoms. The molecule has 1 aliphatic heterocycles. The highest BCUT2D eigenvalue weighted by Crippen LogP contribution is 2.21. The molecule has 0 radical (unpaired) electrons. The first-order chi connectivity index (χ1) is 17.9. The fourth-order valence-electron chi connectivity index (χ4n) is 4.11. The molecule has 12 nitrogen and oxygen atoms in total. The van der Waals surface area contributed by atoms with Crippen LogP contribution in [0.2, 0.25) is 5.02 Å². The summed E-state index contributed by atoms with van der Waals surface area (Å²) in [5.41, 5.74) is 0.350. The molecule has 2 aromatic carbocycles. The maximum Gasteiger partial charge on any atom is 0.280 e. The van der Waals surface area contributed by atoms with Gasteiger partial charge in [0.1, 0.15) is 10.9 Å². The van der Waals surface area contributed by atoms with E-state index in [1.807, 2.05) is 0 Å². The Morgan fingerprint density at radius 2 is 1.82 bits per heavy atom. The summed E-state index contributed by atoms with van der Waals surface area (Å²) in [5.74, 6) is -0.557. The quantitative estimate of drug-likeness (QED) is 0.211. The van der Waals surface area contributed by atoms with Crippen LogP contribution in [0.3, 0.4) is 0 Å². The summed E-state index contributed by atoms with van der Waals surface area (Å²) < 4.78 is 26.9. The number of aromatic nitrogens is 3. The third-order valence-electron chi connectivity index (χ3n) is 5.76. The van der Waals surface area contributed by atoms with Gasteiger partial charge in [-0.3, -0.25) is 18.9 Å². The Hall–Kier alpha value is -3.78. The predicted molar refractivity (Wildman–Crippen MR) is 143 cm³/mol. The number of piperazine rings is 1. The van der Waals surface area contributed by atoms with Gasteiger partial charge >= 0.3 is 0 Å². The highest BCUT2D eigenvalue weighted by atomic mass is 35.5. The van der Waals surface area contributed by atoms with Crippen LogP contribution >= 0.6 is 11.6 Å². The number of hydrogen-bond donors (Lipinski definition) is 4. The van der Waals surface area contributed by atoms with Gasteiger partial charge in [-0.05, 0) is 35.9 Å². The SMILES string of the molecule is CS(=O)(=O)O.O=C(c1cccc(Cn2nc(O)c3[nH]c4cc(Cl)ccc4c(=O)c3c2=O)c1)N1CCNCC1. The van der Waals surface area contributed by atoms with Crippen LogP contribution in [0.5, 0.6) is 5.88 Å². The fraction of sp³-hybridized carbons (Fsp3) is 0.250. The number of amides is 1. The first kappa shape index (κ1) is 27.3. The minimum atomic E-state index is -3.67. The van der Waals surface area contributed by atoms with E-state index in [0.29, 0.717) is 41.0 Å². The number of H-pyrrole nitrogens is 1. The van der Waals surface area contributed by atoms with E-state index >= 15 is 0 Å². The number of carbonyl (C=O) groups excluding carboxylic acids is 1. The topological polar surface area (TPSA) is 175 Å². The Bertz CT molecular complexity index is 1750. The minimum absolute atomic E-state index is 0.0108. The van der Waals surface area contributed by atoms with Crippen LogP contribution in [0.15, 0.2) is 52.1 Å². The van der Waals surface area contributed by atoms with E-state index in [1.165, 1.54) is 6.07 Å². The summed E-state index contributed by atoms with van der Waals surface area (Å²) in [6, 6.07) is 11.6. The smallest absolute Gasteiger partial charge is 0.280 e. The molecule has 1 saturated heterocycles. The van der Waals surface area contributed by atoms with Crippen LogP contribution in [0.1, 0.15) is 15.9 Å². The predicted octanol–water partition coefficient (Wildman–Crippen LogP) is 1.19. The molecule has 5 rings (SSSR count). The first-order valence-corrected chi connectivity index (χ1v) is 13.6. The van der Waals surface area contributed by atoms with Gasteiger partial charge in [-0.25, -0.2) is 4.68 Å². The molecule has 38 heavy (non-hydrogen) atoms. The van der Waals surface area contributed by atoms with Gasteiger partial charge in [0, 0.05) is 42.2 Å². The molecule has 1 aliphatic rings. The van der Waals surface area contributed by atoms with Crippen LogP contribution in [-0.2, 0) is 16.7 Å². The summed E-state index contributed by atoms with van der Waals surface area (Å²) in [6.45, 7) is 2.74. The number of carbonyl (C=O) groups is 1. The molecule has 2 aromatic heterocycles. The fourth-order valence-corrected chi connectivity index (χ4v) is 4.28. The summed E-state index contributed by atoms with van der Waals surface area (Å²) in [4.78, 5) is 43.6. The summed E-state index contributed by atoms with van der Waals surface area (Å²) >= 11 is 6.00. The van der Waals surface area contributed by atoms with Crippen molar-refractivity contribution in [2.45, 2.75) is 6.54 Å². The highest BCUT2D eigenvalue weighted by molar-refractivity contribution is 7.85. The Labute approximate surface area is 221 Å². The standard InChI is InChI=1S/C23H20ClN5O4.CH4O3S/c24-15-4-5-16-17(11-15)26-19-18(20(16)30)23(33)29(27-21(19)31)12-13-2-1-3-14(10-13)22(32)28-8-6-25-7-9-28;1-5(2,3)4/h1-5,10-11,25H,6-9,12H2,(H,26,30)(H,27,31);1H3,(H,2,3,4). The summed E-state index contributed by atoms with van der Waals surface area (Å²) in [6.07, 6.45) is 0.715. The minimum Gasteiger partial charge on any atom is -0.491 e. The molecule has 0 aliphatic carbocycles. The Balaban J connectivity index is 0.000000617. The lowest BCUT2D eigenvalue weighted by molar-refractivity contribution is 0.0735. The van der Waals surface area contributed by atoms with E-state index in [1.54, 1.807) is 41.3 Å². The number of rotatable bonds is 3. The maximum absolute atomic E-state index is 13.1. The normalized spacial score (nSPS) is 13.8. The van der Waals surface area contributed by atoms with Gasteiger partial charge in [0.05, 0.1) is 18.3 Å². The number of aromatic amines is 1. The molecule has 14 heteroatoms. The molecule has 0 saturated carbocycles. The molecule has 200 valence electrons. The first-order valence-electron chi connectivity index (χ1n) is 11.4. The largest absolute Gasteiger partial charge is 0.491 e. The van der Waals surface area contributed by atoms with E-state index in [-0.39, 0.29) is 28.7 Å². The van der Waals surface area contributed by atoms with Crippen molar-refractivity contribution >= 4 is 49.4 Å². The number of pyridine rings is 1. The molecule has 0 atom stereocenters. The molecular formula is C24H24ClN5O7S. The van der Waals surface area contributed by atoms with Gasteiger partial charge in [0.25, 0.3) is 27.5 Å². The maximum atomic E-state index is 13.1. The van der Waals surface area contributed by atoms with Crippen LogP contribution < -0.4 is 16.3 Å². The van der Waals surface area contributed by atoms with Gasteiger partial charge in [0.2, 0.25) is 5.43 Å². The van der Waals surface area contributed by atoms with Crippen molar-refractivity contribution in [1.82, 2.24) is 25.0 Å². The van der Waals surface area contributed by atoms with E-state index in [4.69, 9.17) is 16.2 Å². The number of fused-ring (bicyclic) bond motifs is 2. The Morgan fingerprint density at radius 1 is 1.13 bits per heavy atom. The van der Waals surface area contributed by atoms with Crippen LogP contribution in [0, 0.1) is 0 Å². The molecule has 4 N–H and O–H groups in total. The molecular weight excluding hydrogens is 538 g/mol. The number of aromatic hydroxyl groups is 1. The second kappa shape index (κ2) is 10.9. The van der Waals surface area contributed by atoms with Gasteiger partial charge in [0.15, 0.2) is 0 Å². The third kappa shape index (κ3) is 6.19. The van der Waals surface area contributed by atoms with Crippen molar-refractivity contribution < 1.29 is 22.9 Å². The lowest BCUT2D eigenvalue weighted by Crippen LogP contribution is -2.46. The third-order valence-corrected chi connectivity index (χ3v) is 6.00. The highest BCUT2D eigenvalue weighted by Gasteiger charge is 2.19. The van der Waals surface area contributed by atoms with Crippen LogP contribution in [-0.4, -0.2) is 76.1 Å². The number of hydrogen-bond acceptors (Lipinski definition) is 8. The van der Waals surface area contributed by atoms with E-state index in [0.717, 1.165) is 17.8 Å². The van der Waals surface area contributed by atoms with Gasteiger partial charge in [-0.15, -0.1) is 5.10 Å². The van der Waals surface area contributed by atoms with Crippen molar-refractivity contribution in [3.05, 3.63) is 79.2 Å². The van der Waals surface area contributed by atoms with Crippen molar-refractivity contribution in [3.63, 3.8) is 0 Å². The lowest BCUT2D eigenvalue weighted by atomic mass is 10.1. The summed E-state index contributed by atoms with van der Waals surface area (Å²) in [5, 5.41) is 18.2. The number of nitrogens with one attached hydrogen (secondary N) is 2. The summed E-state index contributed by atoms with van der Waals surface area (Å²) in [7, 11) is -3.67. The van der Waals surface area contributed by atoms with Gasteiger partial charge in [-0.2, -0.15) is 8.42 Å². The zero-order chi connectivity index (χ0) is 27.6. The van der Waals surface area contributed by atoms with E-state index in [9.17, 15) is 27.9 Å². The monoisotopic (exact) mass is 561 g/mol. The van der Waals surface area contributed by atoms with Crippen molar-refractivity contribution in [3.8, 4) is 5.88 Å². The van der Waals surface area contributed by atoms with E-state index in [2.05, 4.69) is 15.4 Å². The molecule has 3 heterocycles. The zero-order valence-electron chi connectivity index (χ0n) is 20.1. The molecule has 0 unspecified atom stereocenters. The number of benzene rings is 2. The lowest BCUT2D eigenvalue weighted by Gasteiger charge is -2.27.